The highest BCUT2D eigenvalue weighted by atomic mass is 35.5. The van der Waals surface area contributed by atoms with E-state index in [1.807, 2.05) is 12.1 Å². The molecule has 0 bridgehead atoms. The Bertz CT molecular complexity index is 1040. The van der Waals surface area contributed by atoms with Crippen molar-refractivity contribution in [1.29, 1.82) is 0 Å². The first-order valence-corrected chi connectivity index (χ1v) is 8.28. The van der Waals surface area contributed by atoms with E-state index in [2.05, 4.69) is 15.6 Å². The zero-order chi connectivity index (χ0) is 17.9. The lowest BCUT2D eigenvalue weighted by atomic mass is 10.2. The maximum absolute atomic E-state index is 12.5. The summed E-state index contributed by atoms with van der Waals surface area (Å²) in [6.07, 6.45) is 3.12. The number of hydrogen-bond donors (Lipinski definition) is 2. The number of benzene rings is 1. The summed E-state index contributed by atoms with van der Waals surface area (Å²) >= 11 is 5.92. The summed E-state index contributed by atoms with van der Waals surface area (Å²) in [4.78, 5) is 16.9. The molecule has 0 atom stereocenters. The number of aromatic nitrogens is 1. The number of fused-ring (bicyclic) bond motifs is 1. The first-order chi connectivity index (χ1) is 12.7. The van der Waals surface area contributed by atoms with Gasteiger partial charge in [0.15, 0.2) is 0 Å². The summed E-state index contributed by atoms with van der Waals surface area (Å²) in [5, 5.41) is 7.39. The van der Waals surface area contributed by atoms with Crippen molar-refractivity contribution in [2.45, 2.75) is 6.54 Å². The van der Waals surface area contributed by atoms with Gasteiger partial charge < -0.3 is 19.5 Å². The third-order valence-electron chi connectivity index (χ3n) is 3.79. The van der Waals surface area contributed by atoms with Crippen LogP contribution in [0.25, 0.3) is 11.0 Å². The number of rotatable bonds is 5. The molecular formula is C19H14ClN3O3. The predicted molar refractivity (Wildman–Crippen MR) is 98.6 cm³/mol. The normalized spacial score (nSPS) is 10.8. The largest absolute Gasteiger partial charge is 0.467 e. The second kappa shape index (κ2) is 6.93. The van der Waals surface area contributed by atoms with Crippen LogP contribution in [0.3, 0.4) is 0 Å². The van der Waals surface area contributed by atoms with Gasteiger partial charge in [0.05, 0.1) is 24.5 Å². The lowest BCUT2D eigenvalue weighted by Crippen LogP contribution is -2.23. The number of furan rings is 2. The van der Waals surface area contributed by atoms with Crippen LogP contribution in [0.1, 0.15) is 16.2 Å². The smallest absolute Gasteiger partial charge is 0.270 e. The second-order valence-electron chi connectivity index (χ2n) is 5.58. The van der Waals surface area contributed by atoms with E-state index in [0.717, 1.165) is 11.1 Å². The molecule has 1 aromatic carbocycles. The molecule has 1 amide bonds. The highest BCUT2D eigenvalue weighted by Gasteiger charge is 2.14. The number of nitrogens with zero attached hydrogens (tertiary/aromatic N) is 1. The van der Waals surface area contributed by atoms with Crippen LogP contribution in [0.5, 0.6) is 0 Å². The van der Waals surface area contributed by atoms with E-state index < -0.39 is 0 Å². The average molecular weight is 368 g/mol. The SMILES string of the molecule is O=C(NCc1ccco1)c1cc2occc2c(Nc2ccc(Cl)cc2)n1. The number of hydrogen-bond acceptors (Lipinski definition) is 5. The van der Waals surface area contributed by atoms with Gasteiger partial charge in [-0.15, -0.1) is 0 Å². The number of carbonyl (C=O) groups excluding carboxylic acids is 1. The topological polar surface area (TPSA) is 80.3 Å². The van der Waals surface area contributed by atoms with Crippen molar-refractivity contribution < 1.29 is 13.6 Å². The zero-order valence-corrected chi connectivity index (χ0v) is 14.3. The maximum atomic E-state index is 12.5. The number of pyridine rings is 1. The van der Waals surface area contributed by atoms with E-state index in [1.165, 1.54) is 0 Å². The van der Waals surface area contributed by atoms with E-state index in [4.69, 9.17) is 20.4 Å². The van der Waals surface area contributed by atoms with Crippen LogP contribution >= 0.6 is 11.6 Å². The van der Waals surface area contributed by atoms with Gasteiger partial charge in [0, 0.05) is 16.8 Å². The number of carbonyl (C=O) groups is 1. The Morgan fingerprint density at radius 1 is 1.08 bits per heavy atom. The molecule has 3 heterocycles. The second-order valence-corrected chi connectivity index (χ2v) is 6.02. The van der Waals surface area contributed by atoms with Gasteiger partial charge in [-0.25, -0.2) is 4.98 Å². The lowest BCUT2D eigenvalue weighted by molar-refractivity contribution is 0.0943. The predicted octanol–water partition coefficient (Wildman–Crippen LogP) is 4.75. The quantitative estimate of drug-likeness (QED) is 0.532. The molecular weight excluding hydrogens is 354 g/mol. The molecule has 7 heteroatoms. The van der Waals surface area contributed by atoms with Crippen molar-refractivity contribution in [2.75, 3.05) is 5.32 Å². The van der Waals surface area contributed by atoms with E-state index >= 15 is 0 Å². The molecule has 2 N–H and O–H groups in total. The first-order valence-electron chi connectivity index (χ1n) is 7.90. The fraction of sp³-hybridized carbons (Fsp3) is 0.0526. The van der Waals surface area contributed by atoms with E-state index in [0.29, 0.717) is 22.2 Å². The van der Waals surface area contributed by atoms with Crippen molar-refractivity contribution in [3.05, 3.63) is 77.5 Å². The Morgan fingerprint density at radius 2 is 1.92 bits per heavy atom. The molecule has 0 fully saturated rings. The van der Waals surface area contributed by atoms with Gasteiger partial charge in [-0.3, -0.25) is 4.79 Å². The van der Waals surface area contributed by atoms with E-state index in [1.54, 1.807) is 48.9 Å². The minimum Gasteiger partial charge on any atom is -0.467 e. The Kier molecular flexibility index (Phi) is 4.33. The fourth-order valence-electron chi connectivity index (χ4n) is 2.52. The molecule has 0 aliphatic rings. The summed E-state index contributed by atoms with van der Waals surface area (Å²) in [6.45, 7) is 0.281. The first kappa shape index (κ1) is 16.2. The minimum atomic E-state index is -0.321. The Morgan fingerprint density at radius 3 is 2.69 bits per heavy atom. The number of amides is 1. The van der Waals surface area contributed by atoms with E-state index in [9.17, 15) is 4.79 Å². The summed E-state index contributed by atoms with van der Waals surface area (Å²) in [6, 6.07) is 14.2. The molecule has 0 spiro atoms. The van der Waals surface area contributed by atoms with Crippen molar-refractivity contribution >= 4 is 40.0 Å². The molecule has 0 saturated heterocycles. The molecule has 130 valence electrons. The monoisotopic (exact) mass is 367 g/mol. The van der Waals surface area contributed by atoms with Crippen LogP contribution in [0.4, 0.5) is 11.5 Å². The van der Waals surface area contributed by atoms with Crippen LogP contribution in [0, 0.1) is 0 Å². The van der Waals surface area contributed by atoms with Gasteiger partial charge in [-0.1, -0.05) is 11.6 Å². The molecule has 0 aliphatic heterocycles. The highest BCUT2D eigenvalue weighted by molar-refractivity contribution is 6.30. The minimum absolute atomic E-state index is 0.246. The van der Waals surface area contributed by atoms with Crippen LogP contribution in [-0.2, 0) is 6.54 Å². The van der Waals surface area contributed by atoms with Crippen molar-refractivity contribution in [3.8, 4) is 0 Å². The Hall–Kier alpha value is -3.25. The summed E-state index contributed by atoms with van der Waals surface area (Å²) < 4.78 is 10.7. The summed E-state index contributed by atoms with van der Waals surface area (Å²) in [5.74, 6) is 0.873. The lowest BCUT2D eigenvalue weighted by Gasteiger charge is -2.09. The molecule has 0 unspecified atom stereocenters. The van der Waals surface area contributed by atoms with Crippen LogP contribution in [0.2, 0.25) is 5.02 Å². The maximum Gasteiger partial charge on any atom is 0.270 e. The highest BCUT2D eigenvalue weighted by Crippen LogP contribution is 2.27. The molecule has 26 heavy (non-hydrogen) atoms. The van der Waals surface area contributed by atoms with Gasteiger partial charge in [0.1, 0.15) is 22.9 Å². The summed E-state index contributed by atoms with van der Waals surface area (Å²) in [7, 11) is 0. The van der Waals surface area contributed by atoms with Gasteiger partial charge >= 0.3 is 0 Å². The third kappa shape index (κ3) is 3.41. The van der Waals surface area contributed by atoms with Gasteiger partial charge in [-0.2, -0.15) is 0 Å². The van der Waals surface area contributed by atoms with E-state index in [-0.39, 0.29) is 18.1 Å². The fourth-order valence-corrected chi connectivity index (χ4v) is 2.64. The van der Waals surface area contributed by atoms with Crippen molar-refractivity contribution in [2.24, 2.45) is 0 Å². The molecule has 3 aromatic heterocycles. The third-order valence-corrected chi connectivity index (χ3v) is 4.05. The molecule has 0 saturated carbocycles. The van der Waals surface area contributed by atoms with Crippen molar-refractivity contribution in [3.63, 3.8) is 0 Å². The number of anilines is 2. The zero-order valence-electron chi connectivity index (χ0n) is 13.5. The van der Waals surface area contributed by atoms with Gasteiger partial charge in [0.25, 0.3) is 5.91 Å². The molecule has 0 aliphatic carbocycles. The Labute approximate surface area is 153 Å². The molecule has 4 rings (SSSR count). The molecule has 0 radical (unpaired) electrons. The average Bonchev–Trinajstić information content (AvgIpc) is 3.33. The molecule has 6 nitrogen and oxygen atoms in total. The standard InChI is InChI=1S/C19H14ClN3O3/c20-12-3-5-13(6-4-12)22-18-15-7-9-26-17(15)10-16(23-18)19(24)21-11-14-2-1-8-25-14/h1-10H,11H2,(H,21,24)(H,22,23). The number of nitrogens with one attached hydrogen (secondary N) is 2. The van der Waals surface area contributed by atoms with Gasteiger partial charge in [0.2, 0.25) is 0 Å². The van der Waals surface area contributed by atoms with Crippen LogP contribution < -0.4 is 10.6 Å². The van der Waals surface area contributed by atoms with Crippen LogP contribution in [-0.4, -0.2) is 10.9 Å². The molecule has 4 aromatic rings. The Balaban J connectivity index is 1.61. The summed E-state index contributed by atoms with van der Waals surface area (Å²) in [5.41, 5.74) is 1.62. The number of halogens is 1. The van der Waals surface area contributed by atoms with Crippen molar-refractivity contribution in [1.82, 2.24) is 10.3 Å². The van der Waals surface area contributed by atoms with Crippen LogP contribution in [0.15, 0.2) is 69.9 Å². The van der Waals surface area contributed by atoms with Gasteiger partial charge in [-0.05, 0) is 42.5 Å².